The van der Waals surface area contributed by atoms with Crippen molar-refractivity contribution in [2.45, 2.75) is 44.2 Å². The number of carbonyl (C=O) groups excluding carboxylic acids is 1. The molecule has 2 N–H and O–H groups in total. The first kappa shape index (κ1) is 16.5. The molecule has 6 heteroatoms. The molecule has 0 saturated carbocycles. The van der Waals surface area contributed by atoms with Gasteiger partial charge in [-0.15, -0.1) is 0 Å². The van der Waals surface area contributed by atoms with Crippen LogP contribution in [0.25, 0.3) is 0 Å². The lowest BCUT2D eigenvalue weighted by Crippen LogP contribution is -2.47. The van der Waals surface area contributed by atoms with E-state index in [-0.39, 0.29) is 16.3 Å². The summed E-state index contributed by atoms with van der Waals surface area (Å²) in [6, 6.07) is 6.02. The molecular formula is C14H22N2O3S. The van der Waals surface area contributed by atoms with Gasteiger partial charge in [-0.25, -0.2) is 8.42 Å². The van der Waals surface area contributed by atoms with Crippen LogP contribution in [-0.4, -0.2) is 32.2 Å². The number of para-hydroxylation sites is 1. The Labute approximate surface area is 120 Å². The van der Waals surface area contributed by atoms with Crippen LogP contribution in [0.4, 0.5) is 5.69 Å². The maximum Gasteiger partial charge on any atom is 0.242 e. The SMILES string of the molecule is CC(Nc1ccccc1S(C)(=O)=O)C(=O)NC(C)(C)C. The topological polar surface area (TPSA) is 75.3 Å². The van der Waals surface area contributed by atoms with Crippen LogP contribution in [0.3, 0.4) is 0 Å². The molecule has 1 aromatic rings. The van der Waals surface area contributed by atoms with E-state index in [0.717, 1.165) is 6.26 Å². The van der Waals surface area contributed by atoms with Crippen LogP contribution in [0.1, 0.15) is 27.7 Å². The molecule has 0 radical (unpaired) electrons. The van der Waals surface area contributed by atoms with Crippen molar-refractivity contribution < 1.29 is 13.2 Å². The van der Waals surface area contributed by atoms with Gasteiger partial charge < -0.3 is 10.6 Å². The van der Waals surface area contributed by atoms with Gasteiger partial charge in [0.05, 0.1) is 10.6 Å². The third-order valence-corrected chi connectivity index (χ3v) is 3.70. The minimum absolute atomic E-state index is 0.180. The van der Waals surface area contributed by atoms with Crippen molar-refractivity contribution in [3.63, 3.8) is 0 Å². The minimum atomic E-state index is -3.33. The molecule has 0 heterocycles. The molecule has 0 spiro atoms. The van der Waals surface area contributed by atoms with E-state index in [1.54, 1.807) is 25.1 Å². The molecule has 0 saturated heterocycles. The highest BCUT2D eigenvalue weighted by Crippen LogP contribution is 2.21. The van der Waals surface area contributed by atoms with E-state index in [9.17, 15) is 13.2 Å². The summed E-state index contributed by atoms with van der Waals surface area (Å²) in [5.41, 5.74) is 0.107. The van der Waals surface area contributed by atoms with Crippen LogP contribution in [0.2, 0.25) is 0 Å². The molecule has 0 bridgehead atoms. The van der Waals surface area contributed by atoms with Crippen molar-refractivity contribution in [3.05, 3.63) is 24.3 Å². The first-order valence-corrected chi connectivity index (χ1v) is 8.27. The van der Waals surface area contributed by atoms with E-state index in [4.69, 9.17) is 0 Å². The Bertz CT molecular complexity index is 589. The number of sulfone groups is 1. The molecule has 0 fully saturated rings. The summed E-state index contributed by atoms with van der Waals surface area (Å²) in [4.78, 5) is 12.2. The average molecular weight is 298 g/mol. The zero-order valence-corrected chi connectivity index (χ0v) is 13.3. The second kappa shape index (κ2) is 5.83. The second-order valence-corrected chi connectivity index (χ2v) is 7.86. The van der Waals surface area contributed by atoms with Crippen LogP contribution < -0.4 is 10.6 Å². The molecule has 0 aromatic heterocycles. The summed E-state index contributed by atoms with van der Waals surface area (Å²) >= 11 is 0. The second-order valence-electron chi connectivity index (χ2n) is 5.87. The van der Waals surface area contributed by atoms with Gasteiger partial charge in [-0.05, 0) is 39.8 Å². The van der Waals surface area contributed by atoms with Crippen molar-refractivity contribution >= 4 is 21.4 Å². The van der Waals surface area contributed by atoms with Gasteiger partial charge >= 0.3 is 0 Å². The lowest BCUT2D eigenvalue weighted by atomic mass is 10.1. The zero-order valence-electron chi connectivity index (χ0n) is 12.5. The number of nitrogens with one attached hydrogen (secondary N) is 2. The van der Waals surface area contributed by atoms with E-state index in [0.29, 0.717) is 5.69 Å². The van der Waals surface area contributed by atoms with Gasteiger partial charge in [-0.2, -0.15) is 0 Å². The van der Waals surface area contributed by atoms with Gasteiger partial charge in [0.2, 0.25) is 5.91 Å². The molecule has 20 heavy (non-hydrogen) atoms. The first-order valence-electron chi connectivity index (χ1n) is 6.38. The van der Waals surface area contributed by atoms with Crippen molar-refractivity contribution in [2.75, 3.05) is 11.6 Å². The molecule has 0 aliphatic rings. The number of amides is 1. The summed E-state index contributed by atoms with van der Waals surface area (Å²) < 4.78 is 23.4. The molecule has 1 amide bonds. The molecule has 1 unspecified atom stereocenters. The summed E-state index contributed by atoms with van der Waals surface area (Å²) in [6.07, 6.45) is 1.15. The van der Waals surface area contributed by atoms with E-state index in [2.05, 4.69) is 10.6 Å². The molecule has 0 aliphatic heterocycles. The summed E-state index contributed by atoms with van der Waals surface area (Å²) in [5.74, 6) is -0.180. The highest BCUT2D eigenvalue weighted by molar-refractivity contribution is 7.90. The fourth-order valence-corrected chi connectivity index (χ4v) is 2.54. The molecule has 1 atom stereocenters. The quantitative estimate of drug-likeness (QED) is 0.889. The average Bonchev–Trinajstić information content (AvgIpc) is 2.25. The summed E-state index contributed by atoms with van der Waals surface area (Å²) in [7, 11) is -3.33. The standard InChI is InChI=1S/C14H22N2O3S/c1-10(13(17)16-14(2,3)4)15-11-8-6-7-9-12(11)20(5,18)19/h6-10,15H,1-5H3,(H,16,17). The fourth-order valence-electron chi connectivity index (χ4n) is 1.69. The zero-order chi connectivity index (χ0) is 15.6. The fraction of sp³-hybridized carbons (Fsp3) is 0.500. The van der Waals surface area contributed by atoms with Gasteiger partial charge in [0.15, 0.2) is 9.84 Å². The van der Waals surface area contributed by atoms with Crippen molar-refractivity contribution in [1.29, 1.82) is 0 Å². The van der Waals surface area contributed by atoms with Crippen molar-refractivity contribution in [1.82, 2.24) is 5.32 Å². The lowest BCUT2D eigenvalue weighted by molar-refractivity contribution is -0.122. The van der Waals surface area contributed by atoms with E-state index in [1.807, 2.05) is 20.8 Å². The van der Waals surface area contributed by atoms with Gasteiger partial charge in [-0.3, -0.25) is 4.79 Å². The number of hydrogen-bond donors (Lipinski definition) is 2. The Morgan fingerprint density at radius 1 is 1.20 bits per heavy atom. The Kier molecular flexibility index (Phi) is 4.81. The van der Waals surface area contributed by atoms with Crippen molar-refractivity contribution in [3.8, 4) is 0 Å². The largest absolute Gasteiger partial charge is 0.373 e. The van der Waals surface area contributed by atoms with Crippen LogP contribution in [-0.2, 0) is 14.6 Å². The van der Waals surface area contributed by atoms with Crippen LogP contribution in [0, 0.1) is 0 Å². The number of rotatable bonds is 4. The Balaban J connectivity index is 2.92. The third kappa shape index (κ3) is 4.85. The van der Waals surface area contributed by atoms with E-state index in [1.165, 1.54) is 6.07 Å². The molecule has 0 aliphatic carbocycles. The van der Waals surface area contributed by atoms with Crippen LogP contribution >= 0.6 is 0 Å². The summed E-state index contributed by atoms with van der Waals surface area (Å²) in [6.45, 7) is 7.37. The smallest absolute Gasteiger partial charge is 0.242 e. The van der Waals surface area contributed by atoms with Gasteiger partial charge in [0.25, 0.3) is 0 Å². The van der Waals surface area contributed by atoms with E-state index >= 15 is 0 Å². The molecular weight excluding hydrogens is 276 g/mol. The van der Waals surface area contributed by atoms with Gasteiger partial charge in [-0.1, -0.05) is 12.1 Å². The van der Waals surface area contributed by atoms with Gasteiger partial charge in [0.1, 0.15) is 6.04 Å². The normalized spacial score (nSPS) is 13.7. The monoisotopic (exact) mass is 298 g/mol. The number of benzene rings is 1. The maximum absolute atomic E-state index is 12.0. The molecule has 5 nitrogen and oxygen atoms in total. The van der Waals surface area contributed by atoms with Crippen LogP contribution in [0.5, 0.6) is 0 Å². The predicted molar refractivity (Wildman–Crippen MR) is 80.5 cm³/mol. The number of anilines is 1. The minimum Gasteiger partial charge on any atom is -0.373 e. The molecule has 1 aromatic carbocycles. The highest BCUT2D eigenvalue weighted by Gasteiger charge is 2.21. The Morgan fingerprint density at radius 3 is 2.25 bits per heavy atom. The third-order valence-electron chi connectivity index (χ3n) is 2.55. The lowest BCUT2D eigenvalue weighted by Gasteiger charge is -2.24. The Hall–Kier alpha value is -1.56. The van der Waals surface area contributed by atoms with Gasteiger partial charge in [0, 0.05) is 11.8 Å². The van der Waals surface area contributed by atoms with E-state index < -0.39 is 15.9 Å². The molecule has 1 rings (SSSR count). The Morgan fingerprint density at radius 2 is 1.75 bits per heavy atom. The van der Waals surface area contributed by atoms with Crippen molar-refractivity contribution in [2.24, 2.45) is 0 Å². The van der Waals surface area contributed by atoms with Crippen LogP contribution in [0.15, 0.2) is 29.2 Å². The first-order chi connectivity index (χ1) is 9.00. The highest BCUT2D eigenvalue weighted by atomic mass is 32.2. The maximum atomic E-state index is 12.0. The predicted octanol–water partition coefficient (Wildman–Crippen LogP) is 1.81. The summed E-state index contributed by atoms with van der Waals surface area (Å²) in [5, 5.41) is 5.79. The number of hydrogen-bond acceptors (Lipinski definition) is 4. The number of carbonyl (C=O) groups is 1. The molecule has 112 valence electrons.